The Morgan fingerprint density at radius 3 is 2.14 bits per heavy atom. The summed E-state index contributed by atoms with van der Waals surface area (Å²) in [4.78, 5) is 21.6. The zero-order valence-electron chi connectivity index (χ0n) is 21.4. The number of anilines is 1. The molecule has 1 amide bonds. The van der Waals surface area contributed by atoms with E-state index in [1.807, 2.05) is 35.2 Å². The van der Waals surface area contributed by atoms with Gasteiger partial charge < -0.3 is 19.9 Å². The Bertz CT molecular complexity index is 1260. The number of nitrogens with zero attached hydrogens (tertiary/aromatic N) is 4. The zero-order valence-corrected chi connectivity index (χ0v) is 21.4. The molecule has 3 aromatic carbocycles. The van der Waals surface area contributed by atoms with Crippen LogP contribution in [0, 0.1) is 0 Å². The molecular weight excluding hydrogens is 462 g/mol. The number of para-hydroxylation sites is 2. The number of benzene rings is 3. The van der Waals surface area contributed by atoms with E-state index in [1.165, 1.54) is 11.1 Å². The van der Waals surface area contributed by atoms with E-state index in [1.54, 1.807) is 0 Å². The van der Waals surface area contributed by atoms with E-state index in [4.69, 9.17) is 10.5 Å². The summed E-state index contributed by atoms with van der Waals surface area (Å²) in [5.74, 6) is 0.535. The van der Waals surface area contributed by atoms with Crippen LogP contribution in [0.1, 0.15) is 36.9 Å². The number of carbonyl (C=O) groups is 1. The Kier molecular flexibility index (Phi) is 7.70. The van der Waals surface area contributed by atoms with Gasteiger partial charge >= 0.3 is 6.09 Å². The van der Waals surface area contributed by atoms with Crippen molar-refractivity contribution in [2.24, 2.45) is 0 Å². The van der Waals surface area contributed by atoms with Crippen molar-refractivity contribution in [3.05, 3.63) is 96.1 Å². The summed E-state index contributed by atoms with van der Waals surface area (Å²) in [7, 11) is 0. The van der Waals surface area contributed by atoms with Gasteiger partial charge in [0.2, 0.25) is 5.95 Å². The number of piperidine rings is 1. The number of likely N-dealkylation sites (tertiary alicyclic amines) is 1. The van der Waals surface area contributed by atoms with Gasteiger partial charge in [-0.2, -0.15) is 0 Å². The van der Waals surface area contributed by atoms with E-state index >= 15 is 0 Å². The Morgan fingerprint density at radius 2 is 1.51 bits per heavy atom. The van der Waals surface area contributed by atoms with Gasteiger partial charge in [-0.3, -0.25) is 4.90 Å². The molecule has 1 fully saturated rings. The fourth-order valence-corrected chi connectivity index (χ4v) is 5.15. The maximum atomic E-state index is 13.0. The molecule has 7 nitrogen and oxygen atoms in total. The molecule has 1 unspecified atom stereocenters. The topological polar surface area (TPSA) is 76.6 Å². The quantitative estimate of drug-likeness (QED) is 0.349. The lowest BCUT2D eigenvalue weighted by Crippen LogP contribution is -2.42. The molecule has 5 rings (SSSR count). The van der Waals surface area contributed by atoms with Crippen molar-refractivity contribution in [2.75, 3.05) is 25.4 Å². The Labute approximate surface area is 218 Å². The molecule has 4 aromatic rings. The fourth-order valence-electron chi connectivity index (χ4n) is 5.15. The highest BCUT2D eigenvalue weighted by Crippen LogP contribution is 2.30. The normalized spacial score (nSPS) is 15.2. The SMILES string of the molecule is CC(COC(=O)N1CCC(n2c(N)nc3ccccc32)CC1)N(Cc1ccccc1)Cc1ccccc1. The van der Waals surface area contributed by atoms with Crippen molar-refractivity contribution in [1.29, 1.82) is 0 Å². The van der Waals surface area contributed by atoms with Crippen LogP contribution in [0.3, 0.4) is 0 Å². The van der Waals surface area contributed by atoms with E-state index in [-0.39, 0.29) is 18.2 Å². The van der Waals surface area contributed by atoms with Gasteiger partial charge in [-0.15, -0.1) is 0 Å². The Morgan fingerprint density at radius 1 is 0.946 bits per heavy atom. The smallest absolute Gasteiger partial charge is 0.409 e. The third kappa shape index (κ3) is 5.94. The zero-order chi connectivity index (χ0) is 25.6. The highest BCUT2D eigenvalue weighted by molar-refractivity contribution is 5.78. The van der Waals surface area contributed by atoms with Crippen molar-refractivity contribution in [3.63, 3.8) is 0 Å². The number of amides is 1. The molecule has 0 saturated carbocycles. The summed E-state index contributed by atoms with van der Waals surface area (Å²) < 4.78 is 7.94. The number of nitrogens with two attached hydrogens (primary N) is 1. The summed E-state index contributed by atoms with van der Waals surface area (Å²) in [5.41, 5.74) is 10.7. The number of imidazole rings is 1. The minimum Gasteiger partial charge on any atom is -0.448 e. The third-order valence-electron chi connectivity index (χ3n) is 7.24. The van der Waals surface area contributed by atoms with Crippen LogP contribution in [-0.2, 0) is 17.8 Å². The molecular formula is C30H35N5O2. The standard InChI is InChI=1S/C30H35N5O2/c1-23(34(20-24-10-4-2-5-11-24)21-25-12-6-3-7-13-25)22-37-30(36)33-18-16-26(17-19-33)35-28-15-9-8-14-27(28)32-29(35)31/h2-15,23,26H,16-22H2,1H3,(H2,31,32). The molecule has 1 aliphatic heterocycles. The Balaban J connectivity index is 1.17. The van der Waals surface area contributed by atoms with Gasteiger partial charge in [0.05, 0.1) is 11.0 Å². The number of nitrogen functional groups attached to an aromatic ring is 1. The number of fused-ring (bicyclic) bond motifs is 1. The van der Waals surface area contributed by atoms with E-state index in [0.29, 0.717) is 25.6 Å². The second-order valence-corrected chi connectivity index (χ2v) is 9.85. The van der Waals surface area contributed by atoms with Crippen LogP contribution < -0.4 is 5.73 Å². The van der Waals surface area contributed by atoms with Gasteiger partial charge in [-0.25, -0.2) is 9.78 Å². The average Bonchev–Trinajstić information content (AvgIpc) is 3.28. The summed E-state index contributed by atoms with van der Waals surface area (Å²) >= 11 is 0. The molecule has 192 valence electrons. The minimum atomic E-state index is -0.242. The highest BCUT2D eigenvalue weighted by atomic mass is 16.6. The molecule has 7 heteroatoms. The molecule has 2 heterocycles. The predicted molar refractivity (Wildman–Crippen MR) is 147 cm³/mol. The van der Waals surface area contributed by atoms with Crippen molar-refractivity contribution < 1.29 is 9.53 Å². The van der Waals surface area contributed by atoms with Crippen LogP contribution in [0.25, 0.3) is 11.0 Å². The van der Waals surface area contributed by atoms with Crippen molar-refractivity contribution in [2.45, 2.75) is 44.9 Å². The molecule has 0 bridgehead atoms. The maximum absolute atomic E-state index is 13.0. The molecule has 1 aromatic heterocycles. The number of hydrogen-bond donors (Lipinski definition) is 1. The predicted octanol–water partition coefficient (Wildman–Crippen LogP) is 5.48. The van der Waals surface area contributed by atoms with Crippen LogP contribution in [0.2, 0.25) is 0 Å². The Hall–Kier alpha value is -3.84. The molecule has 0 aliphatic carbocycles. The van der Waals surface area contributed by atoms with Crippen molar-refractivity contribution in [1.82, 2.24) is 19.4 Å². The van der Waals surface area contributed by atoms with Crippen LogP contribution in [0.4, 0.5) is 10.7 Å². The lowest BCUT2D eigenvalue weighted by atomic mass is 10.0. The van der Waals surface area contributed by atoms with E-state index in [9.17, 15) is 4.79 Å². The molecule has 2 N–H and O–H groups in total. The first-order valence-electron chi connectivity index (χ1n) is 13.0. The van der Waals surface area contributed by atoms with Gasteiger partial charge in [-0.05, 0) is 43.0 Å². The second-order valence-electron chi connectivity index (χ2n) is 9.85. The van der Waals surface area contributed by atoms with Crippen molar-refractivity contribution in [3.8, 4) is 0 Å². The molecule has 1 saturated heterocycles. The van der Waals surface area contributed by atoms with E-state index in [0.717, 1.165) is 37.0 Å². The average molecular weight is 498 g/mol. The monoisotopic (exact) mass is 497 g/mol. The highest BCUT2D eigenvalue weighted by Gasteiger charge is 2.27. The number of hydrogen-bond acceptors (Lipinski definition) is 5. The summed E-state index contributed by atoms with van der Waals surface area (Å²) in [6.45, 7) is 5.33. The van der Waals surface area contributed by atoms with Gasteiger partial charge in [0.25, 0.3) is 0 Å². The van der Waals surface area contributed by atoms with E-state index < -0.39 is 0 Å². The van der Waals surface area contributed by atoms with Gasteiger partial charge in [0.15, 0.2) is 0 Å². The van der Waals surface area contributed by atoms with Crippen LogP contribution in [0.5, 0.6) is 0 Å². The van der Waals surface area contributed by atoms with Gasteiger partial charge in [0, 0.05) is 38.3 Å². The lowest BCUT2D eigenvalue weighted by molar-refractivity contribution is 0.0569. The summed E-state index contributed by atoms with van der Waals surface area (Å²) in [6, 6.07) is 29.2. The van der Waals surface area contributed by atoms with Crippen LogP contribution in [-0.4, -0.2) is 51.2 Å². The first-order valence-corrected chi connectivity index (χ1v) is 13.0. The summed E-state index contributed by atoms with van der Waals surface area (Å²) in [5, 5.41) is 0. The number of rotatable bonds is 8. The number of aromatic nitrogens is 2. The van der Waals surface area contributed by atoms with Gasteiger partial charge in [-0.1, -0.05) is 72.8 Å². The third-order valence-corrected chi connectivity index (χ3v) is 7.24. The van der Waals surface area contributed by atoms with Crippen LogP contribution >= 0.6 is 0 Å². The van der Waals surface area contributed by atoms with E-state index in [2.05, 4.69) is 76.0 Å². The molecule has 37 heavy (non-hydrogen) atoms. The largest absolute Gasteiger partial charge is 0.448 e. The summed E-state index contributed by atoms with van der Waals surface area (Å²) in [6.07, 6.45) is 1.40. The minimum absolute atomic E-state index is 0.0685. The molecule has 0 radical (unpaired) electrons. The van der Waals surface area contributed by atoms with Gasteiger partial charge in [0.1, 0.15) is 6.61 Å². The molecule has 1 aliphatic rings. The maximum Gasteiger partial charge on any atom is 0.409 e. The number of carbonyl (C=O) groups excluding carboxylic acids is 1. The fraction of sp³-hybridized carbons (Fsp3) is 0.333. The lowest BCUT2D eigenvalue weighted by Gasteiger charge is -2.34. The van der Waals surface area contributed by atoms with Crippen molar-refractivity contribution >= 4 is 23.1 Å². The first-order chi connectivity index (χ1) is 18.1. The first kappa shape index (κ1) is 24.8. The second kappa shape index (κ2) is 11.5. The molecule has 0 spiro atoms. The van der Waals surface area contributed by atoms with Crippen LogP contribution in [0.15, 0.2) is 84.9 Å². The number of ether oxygens (including phenoxy) is 1. The molecule has 1 atom stereocenters.